The zero-order valence-corrected chi connectivity index (χ0v) is 17.3. The molecule has 0 spiro atoms. The summed E-state index contributed by atoms with van der Waals surface area (Å²) in [6.07, 6.45) is 2.04. The molecule has 2 nitrogen and oxygen atoms in total. The van der Waals surface area contributed by atoms with E-state index in [1.54, 1.807) is 12.1 Å². The van der Waals surface area contributed by atoms with Crippen LogP contribution >= 0.6 is 0 Å². The first kappa shape index (κ1) is 16.7. The number of halogens is 1. The lowest BCUT2D eigenvalue weighted by Crippen LogP contribution is -2.29. The summed E-state index contributed by atoms with van der Waals surface area (Å²) in [5, 5.41) is 5.86. The van der Waals surface area contributed by atoms with Gasteiger partial charge in [-0.1, -0.05) is 12.1 Å². The van der Waals surface area contributed by atoms with Gasteiger partial charge >= 0.3 is 0 Å². The van der Waals surface area contributed by atoms with Crippen LogP contribution < -0.4 is 4.57 Å². The molecule has 0 aliphatic carbocycles. The molecule has 3 aromatic heterocycles. The molecule has 3 heterocycles. The van der Waals surface area contributed by atoms with E-state index in [0.29, 0.717) is 0 Å². The van der Waals surface area contributed by atoms with Crippen molar-refractivity contribution >= 4 is 49.0 Å². The third kappa shape index (κ3) is 1.88. The van der Waals surface area contributed by atoms with E-state index < -0.39 is 0 Å². The maximum absolute atomic E-state index is 14.7. The molecule has 3 heteroatoms. The number of hydrogen-bond acceptors (Lipinski definition) is 0. The Hall–Kier alpha value is -3.20. The summed E-state index contributed by atoms with van der Waals surface area (Å²) in [4.78, 5) is 0. The van der Waals surface area contributed by atoms with Crippen molar-refractivity contribution in [2.75, 3.05) is 0 Å². The Labute approximate surface area is 168 Å². The van der Waals surface area contributed by atoms with E-state index in [9.17, 15) is 4.39 Å². The highest BCUT2D eigenvalue weighted by molar-refractivity contribution is 6.26. The van der Waals surface area contributed by atoms with Gasteiger partial charge in [-0.05, 0) is 73.5 Å². The summed E-state index contributed by atoms with van der Waals surface area (Å²) in [5.41, 5.74) is 9.54. The second-order valence-electron chi connectivity index (χ2n) is 8.51. The largest absolute Gasteiger partial charge is 0.307 e. The van der Waals surface area contributed by atoms with E-state index >= 15 is 0 Å². The molecule has 0 saturated carbocycles. The minimum atomic E-state index is -0.195. The van der Waals surface area contributed by atoms with Crippen LogP contribution in [0.4, 0.5) is 4.39 Å². The van der Waals surface area contributed by atoms with Crippen molar-refractivity contribution in [3.63, 3.8) is 0 Å². The predicted octanol–water partition coefficient (Wildman–Crippen LogP) is 6.19. The maximum Gasteiger partial charge on any atom is 0.224 e. The number of aryl methyl sites for hydroxylation is 5. The Morgan fingerprint density at radius 3 is 2.34 bits per heavy atom. The van der Waals surface area contributed by atoms with E-state index in [4.69, 9.17) is 0 Å². The summed E-state index contributed by atoms with van der Waals surface area (Å²) >= 11 is 0. The van der Waals surface area contributed by atoms with Crippen molar-refractivity contribution in [2.24, 2.45) is 7.05 Å². The van der Waals surface area contributed by atoms with Crippen molar-refractivity contribution < 1.29 is 8.96 Å². The summed E-state index contributed by atoms with van der Waals surface area (Å²) in [5.74, 6) is -0.195. The Balaban J connectivity index is 2.19. The molecular formula is C26H22FN2+. The van der Waals surface area contributed by atoms with Crippen LogP contribution in [-0.4, -0.2) is 4.40 Å². The van der Waals surface area contributed by atoms with Gasteiger partial charge in [0.15, 0.2) is 6.20 Å². The van der Waals surface area contributed by atoms with Crippen LogP contribution in [0.2, 0.25) is 0 Å². The first-order valence-electron chi connectivity index (χ1n) is 10.1. The third-order valence-corrected chi connectivity index (χ3v) is 6.78. The molecule has 0 atom stereocenters. The van der Waals surface area contributed by atoms with Gasteiger partial charge < -0.3 is 4.40 Å². The molecule has 6 aromatic rings. The standard InChI is InChI=1S/C26H22FN2/c1-13-6-7-14(2)24-21(13)19-10-15(3)16(4)22-25(19)29(24)20-12-18(27)11-17-8-9-28(5)26(22)23(17)20/h6-12H,1-5H3/q+1. The molecule has 0 radical (unpaired) electrons. The number of benzene rings is 3. The van der Waals surface area contributed by atoms with Gasteiger partial charge in [0.25, 0.3) is 0 Å². The summed E-state index contributed by atoms with van der Waals surface area (Å²) in [6.45, 7) is 8.73. The first-order valence-corrected chi connectivity index (χ1v) is 10.1. The average molecular weight is 381 g/mol. The third-order valence-electron chi connectivity index (χ3n) is 6.78. The molecule has 29 heavy (non-hydrogen) atoms. The first-order chi connectivity index (χ1) is 13.9. The quantitative estimate of drug-likeness (QED) is 0.168. The molecule has 3 aromatic carbocycles. The number of aromatic nitrogens is 2. The smallest absolute Gasteiger partial charge is 0.224 e. The molecule has 0 amide bonds. The topological polar surface area (TPSA) is 8.29 Å². The highest BCUT2D eigenvalue weighted by Gasteiger charge is 2.26. The zero-order chi connectivity index (χ0) is 20.2. The molecule has 0 bridgehead atoms. The molecule has 0 unspecified atom stereocenters. The number of hydrogen-bond donors (Lipinski definition) is 0. The minimum absolute atomic E-state index is 0.195. The summed E-state index contributed by atoms with van der Waals surface area (Å²) in [7, 11) is 2.09. The maximum atomic E-state index is 14.7. The number of nitrogens with zero attached hydrogens (tertiary/aromatic N) is 2. The van der Waals surface area contributed by atoms with Crippen molar-refractivity contribution in [1.82, 2.24) is 4.40 Å². The number of fused-ring (bicyclic) bond motifs is 5. The fourth-order valence-corrected chi connectivity index (χ4v) is 5.32. The van der Waals surface area contributed by atoms with Gasteiger partial charge in [-0.2, -0.15) is 0 Å². The van der Waals surface area contributed by atoms with Gasteiger partial charge in [0.1, 0.15) is 12.9 Å². The van der Waals surface area contributed by atoms with Gasteiger partial charge in [0.2, 0.25) is 5.52 Å². The Bertz CT molecular complexity index is 1650. The lowest BCUT2D eigenvalue weighted by Gasteiger charge is -2.14. The van der Waals surface area contributed by atoms with E-state index in [2.05, 4.69) is 61.9 Å². The van der Waals surface area contributed by atoms with E-state index in [0.717, 1.165) is 16.3 Å². The van der Waals surface area contributed by atoms with Crippen LogP contribution in [0.5, 0.6) is 0 Å². The lowest BCUT2D eigenvalue weighted by molar-refractivity contribution is -0.643. The predicted molar refractivity (Wildman–Crippen MR) is 119 cm³/mol. The van der Waals surface area contributed by atoms with Crippen LogP contribution in [0.3, 0.4) is 0 Å². The molecule has 0 saturated heterocycles. The van der Waals surface area contributed by atoms with E-state index in [1.807, 2.05) is 12.3 Å². The van der Waals surface area contributed by atoms with Gasteiger partial charge in [0, 0.05) is 16.8 Å². The highest BCUT2D eigenvalue weighted by Crippen LogP contribution is 2.43. The minimum Gasteiger partial charge on any atom is -0.307 e. The Morgan fingerprint density at radius 2 is 1.55 bits per heavy atom. The van der Waals surface area contributed by atoms with Gasteiger partial charge in [-0.25, -0.2) is 8.96 Å². The van der Waals surface area contributed by atoms with Gasteiger partial charge in [-0.15, -0.1) is 0 Å². The van der Waals surface area contributed by atoms with Crippen LogP contribution in [0.25, 0.3) is 49.0 Å². The highest BCUT2D eigenvalue weighted by atomic mass is 19.1. The van der Waals surface area contributed by atoms with Crippen molar-refractivity contribution in [3.8, 4) is 0 Å². The van der Waals surface area contributed by atoms with Gasteiger partial charge in [-0.3, -0.25) is 0 Å². The molecule has 142 valence electrons. The molecule has 0 aliphatic heterocycles. The van der Waals surface area contributed by atoms with Crippen molar-refractivity contribution in [2.45, 2.75) is 27.7 Å². The summed E-state index contributed by atoms with van der Waals surface area (Å²) < 4.78 is 19.2. The molecule has 0 aliphatic rings. The number of pyridine rings is 2. The molecule has 0 N–H and O–H groups in total. The second-order valence-corrected chi connectivity index (χ2v) is 8.51. The Morgan fingerprint density at radius 1 is 0.793 bits per heavy atom. The normalized spacial score (nSPS) is 12.5. The molecule has 6 rings (SSSR count). The van der Waals surface area contributed by atoms with E-state index in [1.165, 1.54) is 55.0 Å². The van der Waals surface area contributed by atoms with Crippen LogP contribution in [-0.2, 0) is 7.05 Å². The summed E-state index contributed by atoms with van der Waals surface area (Å²) in [6, 6.07) is 12.1. The number of rotatable bonds is 0. The molecular weight excluding hydrogens is 359 g/mol. The average Bonchev–Trinajstić information content (AvgIpc) is 3.02. The fourth-order valence-electron chi connectivity index (χ4n) is 5.32. The SMILES string of the molecule is Cc1cc2c3c(C)ccc(C)c3n3c4cc(F)cc5cc[n+](C)c(c(c1C)c23)c54. The van der Waals surface area contributed by atoms with Crippen molar-refractivity contribution in [1.29, 1.82) is 0 Å². The monoisotopic (exact) mass is 381 g/mol. The van der Waals surface area contributed by atoms with Gasteiger partial charge in [0.05, 0.1) is 27.3 Å². The fraction of sp³-hybridized carbons (Fsp3) is 0.192. The second kappa shape index (κ2) is 5.24. The van der Waals surface area contributed by atoms with Crippen molar-refractivity contribution in [3.05, 3.63) is 70.7 Å². The lowest BCUT2D eigenvalue weighted by atomic mass is 9.96. The van der Waals surface area contributed by atoms with Crippen LogP contribution in [0.15, 0.2) is 42.6 Å². The Kier molecular flexibility index (Phi) is 3.02. The molecule has 0 fully saturated rings. The zero-order valence-electron chi connectivity index (χ0n) is 17.3. The van der Waals surface area contributed by atoms with E-state index in [-0.39, 0.29) is 5.82 Å². The van der Waals surface area contributed by atoms with Crippen LogP contribution in [0, 0.1) is 33.5 Å². The van der Waals surface area contributed by atoms with Crippen LogP contribution in [0.1, 0.15) is 22.3 Å².